The normalized spacial score (nSPS) is 16.7. The summed E-state index contributed by atoms with van der Waals surface area (Å²) in [4.78, 5) is 0.224. The van der Waals surface area contributed by atoms with Crippen LogP contribution in [0.25, 0.3) is 10.8 Å². The van der Waals surface area contributed by atoms with Gasteiger partial charge in [-0.3, -0.25) is 0 Å². The van der Waals surface area contributed by atoms with E-state index >= 15 is 0 Å². The first-order valence-corrected chi connectivity index (χ1v) is 12.3. The van der Waals surface area contributed by atoms with Crippen LogP contribution in [0.3, 0.4) is 0 Å². The molecule has 0 bridgehead atoms. The molecule has 30 heavy (non-hydrogen) atoms. The minimum Gasteiger partial charge on any atom is -0.207 e. The van der Waals surface area contributed by atoms with E-state index in [1.54, 1.807) is 18.2 Å². The zero-order chi connectivity index (χ0) is 21.5. The first-order valence-electron chi connectivity index (χ1n) is 9.45. The molecule has 0 N–H and O–H groups in total. The molecule has 1 aliphatic heterocycles. The molecule has 158 valence electrons. The maximum absolute atomic E-state index is 13.3. The van der Waals surface area contributed by atoms with Crippen molar-refractivity contribution in [2.45, 2.75) is 16.7 Å². The highest BCUT2D eigenvalue weighted by atomic mass is 32.2. The fourth-order valence-corrected chi connectivity index (χ4v) is 6.75. The van der Waals surface area contributed by atoms with E-state index in [4.69, 9.17) is 0 Å². The SMILES string of the molecule is Cc1cc(F)ccc1S(=O)(=O)N1CCN(S(=O)(=O)c2ccc3ccccc3c2)CC1. The standard InChI is InChI=1S/C21H21FN2O4S2/c1-16-14-19(22)7-9-21(16)30(27,28)24-12-10-23(11-13-24)29(25,26)20-8-6-17-4-2-3-5-18(17)15-20/h2-9,14-15H,10-13H2,1H3. The first-order chi connectivity index (χ1) is 14.2. The molecule has 4 rings (SSSR count). The third-order valence-corrected chi connectivity index (χ3v) is 9.26. The monoisotopic (exact) mass is 448 g/mol. The van der Waals surface area contributed by atoms with Crippen LogP contribution in [-0.4, -0.2) is 51.6 Å². The molecule has 0 spiro atoms. The molecule has 6 nitrogen and oxygen atoms in total. The van der Waals surface area contributed by atoms with Gasteiger partial charge >= 0.3 is 0 Å². The molecular formula is C21H21FN2O4S2. The molecule has 0 aromatic heterocycles. The van der Waals surface area contributed by atoms with Gasteiger partial charge in [-0.1, -0.05) is 30.3 Å². The van der Waals surface area contributed by atoms with Gasteiger partial charge in [0.25, 0.3) is 0 Å². The van der Waals surface area contributed by atoms with Crippen molar-refractivity contribution in [3.8, 4) is 0 Å². The molecule has 0 atom stereocenters. The fraction of sp³-hybridized carbons (Fsp3) is 0.238. The van der Waals surface area contributed by atoms with E-state index in [1.165, 1.54) is 27.7 Å². The maximum atomic E-state index is 13.3. The second-order valence-corrected chi connectivity index (χ2v) is 11.1. The van der Waals surface area contributed by atoms with Gasteiger partial charge in [-0.25, -0.2) is 21.2 Å². The Morgan fingerprint density at radius 1 is 0.733 bits per heavy atom. The van der Waals surface area contributed by atoms with Crippen LogP contribution in [0.2, 0.25) is 0 Å². The van der Waals surface area contributed by atoms with E-state index < -0.39 is 25.9 Å². The summed E-state index contributed by atoms with van der Waals surface area (Å²) in [7, 11) is -7.57. The average Bonchev–Trinajstić information content (AvgIpc) is 2.73. The summed E-state index contributed by atoms with van der Waals surface area (Å²) in [5, 5.41) is 1.77. The van der Waals surface area contributed by atoms with Crippen molar-refractivity contribution in [3.63, 3.8) is 0 Å². The third kappa shape index (κ3) is 3.74. The lowest BCUT2D eigenvalue weighted by atomic mass is 10.1. The highest BCUT2D eigenvalue weighted by Gasteiger charge is 2.34. The molecule has 0 amide bonds. The highest BCUT2D eigenvalue weighted by molar-refractivity contribution is 7.89. The van der Waals surface area contributed by atoms with Crippen LogP contribution in [0, 0.1) is 12.7 Å². The topological polar surface area (TPSA) is 74.8 Å². The third-order valence-electron chi connectivity index (χ3n) is 5.31. The predicted octanol–water partition coefficient (Wildman–Crippen LogP) is 2.98. The van der Waals surface area contributed by atoms with Gasteiger partial charge in [0.2, 0.25) is 20.0 Å². The van der Waals surface area contributed by atoms with Gasteiger partial charge in [0.05, 0.1) is 9.79 Å². The van der Waals surface area contributed by atoms with E-state index in [0.717, 1.165) is 16.8 Å². The number of benzene rings is 3. The van der Waals surface area contributed by atoms with E-state index in [2.05, 4.69) is 0 Å². The van der Waals surface area contributed by atoms with Gasteiger partial charge < -0.3 is 0 Å². The number of hydrogen-bond acceptors (Lipinski definition) is 4. The van der Waals surface area contributed by atoms with Crippen molar-refractivity contribution in [1.29, 1.82) is 0 Å². The number of halogens is 1. The van der Waals surface area contributed by atoms with Crippen LogP contribution in [0.5, 0.6) is 0 Å². The van der Waals surface area contributed by atoms with Crippen LogP contribution in [0.15, 0.2) is 70.5 Å². The summed E-state index contributed by atoms with van der Waals surface area (Å²) in [5.41, 5.74) is 0.321. The van der Waals surface area contributed by atoms with Gasteiger partial charge in [-0.15, -0.1) is 0 Å². The smallest absolute Gasteiger partial charge is 0.207 e. The van der Waals surface area contributed by atoms with Crippen LogP contribution < -0.4 is 0 Å². The second kappa shape index (κ2) is 7.73. The zero-order valence-corrected chi connectivity index (χ0v) is 18.0. The average molecular weight is 449 g/mol. The molecule has 3 aromatic rings. The number of rotatable bonds is 4. The lowest BCUT2D eigenvalue weighted by molar-refractivity contribution is 0.272. The molecule has 0 radical (unpaired) electrons. The Morgan fingerprint density at radius 2 is 1.33 bits per heavy atom. The molecular weight excluding hydrogens is 427 g/mol. The molecule has 1 heterocycles. The van der Waals surface area contributed by atoms with Crippen molar-refractivity contribution in [3.05, 3.63) is 72.0 Å². The lowest BCUT2D eigenvalue weighted by Crippen LogP contribution is -2.50. The maximum Gasteiger partial charge on any atom is 0.243 e. The van der Waals surface area contributed by atoms with Crippen LogP contribution in [0.4, 0.5) is 4.39 Å². The molecule has 1 fully saturated rings. The van der Waals surface area contributed by atoms with E-state index in [-0.39, 0.29) is 36.0 Å². The molecule has 9 heteroatoms. The Balaban J connectivity index is 1.54. The van der Waals surface area contributed by atoms with E-state index in [9.17, 15) is 21.2 Å². The summed E-state index contributed by atoms with van der Waals surface area (Å²) in [6.07, 6.45) is 0. The van der Waals surface area contributed by atoms with Crippen LogP contribution >= 0.6 is 0 Å². The van der Waals surface area contributed by atoms with Gasteiger partial charge in [0.1, 0.15) is 5.82 Å². The Bertz CT molecular complexity index is 1320. The summed E-state index contributed by atoms with van der Waals surface area (Å²) in [6, 6.07) is 16.0. The van der Waals surface area contributed by atoms with E-state index in [0.29, 0.717) is 5.56 Å². The molecule has 1 saturated heterocycles. The first kappa shape index (κ1) is 20.9. The summed E-state index contributed by atoms with van der Waals surface area (Å²) < 4.78 is 67.9. The molecule has 0 aliphatic carbocycles. The lowest BCUT2D eigenvalue weighted by Gasteiger charge is -2.33. The number of sulfonamides is 2. The van der Waals surface area contributed by atoms with Crippen molar-refractivity contribution in [2.24, 2.45) is 0 Å². The zero-order valence-electron chi connectivity index (χ0n) is 16.3. The molecule has 3 aromatic carbocycles. The summed E-state index contributed by atoms with van der Waals surface area (Å²) in [5.74, 6) is -0.502. The Labute approximate surface area is 175 Å². The van der Waals surface area contributed by atoms with Crippen LogP contribution in [-0.2, 0) is 20.0 Å². The minimum atomic E-state index is -3.83. The van der Waals surface area contributed by atoms with Crippen molar-refractivity contribution in [2.75, 3.05) is 26.2 Å². The molecule has 0 saturated carbocycles. The van der Waals surface area contributed by atoms with Crippen molar-refractivity contribution >= 4 is 30.8 Å². The van der Waals surface area contributed by atoms with Crippen molar-refractivity contribution < 1.29 is 21.2 Å². The number of piperazine rings is 1. The Morgan fingerprint density at radius 3 is 1.97 bits per heavy atom. The number of hydrogen-bond donors (Lipinski definition) is 0. The fourth-order valence-electron chi connectivity index (χ4n) is 3.67. The predicted molar refractivity (Wildman–Crippen MR) is 113 cm³/mol. The van der Waals surface area contributed by atoms with Crippen LogP contribution in [0.1, 0.15) is 5.56 Å². The number of fused-ring (bicyclic) bond motifs is 1. The number of aryl methyl sites for hydroxylation is 1. The Kier molecular flexibility index (Phi) is 5.39. The molecule has 0 unspecified atom stereocenters. The number of nitrogens with zero attached hydrogens (tertiary/aromatic N) is 2. The summed E-state index contributed by atoms with van der Waals surface area (Å²) >= 11 is 0. The van der Waals surface area contributed by atoms with E-state index in [1.807, 2.05) is 24.3 Å². The minimum absolute atomic E-state index is 0.0337. The van der Waals surface area contributed by atoms with Gasteiger partial charge in [-0.05, 0) is 53.6 Å². The quantitative estimate of drug-likeness (QED) is 0.615. The highest BCUT2D eigenvalue weighted by Crippen LogP contribution is 2.25. The van der Waals surface area contributed by atoms with Crippen molar-refractivity contribution in [1.82, 2.24) is 8.61 Å². The van der Waals surface area contributed by atoms with Gasteiger partial charge in [0, 0.05) is 26.2 Å². The second-order valence-electron chi connectivity index (χ2n) is 7.23. The Hall–Kier alpha value is -2.33. The van der Waals surface area contributed by atoms with Gasteiger partial charge in [0.15, 0.2) is 0 Å². The molecule has 1 aliphatic rings. The summed E-state index contributed by atoms with van der Waals surface area (Å²) in [6.45, 7) is 1.71. The van der Waals surface area contributed by atoms with Gasteiger partial charge in [-0.2, -0.15) is 8.61 Å². The largest absolute Gasteiger partial charge is 0.243 e.